The smallest absolute Gasteiger partial charge is 0.281 e. The van der Waals surface area contributed by atoms with Gasteiger partial charge in [-0.1, -0.05) is 42.0 Å². The van der Waals surface area contributed by atoms with Gasteiger partial charge < -0.3 is 9.80 Å². The highest BCUT2D eigenvalue weighted by molar-refractivity contribution is 5.98. The Kier molecular flexibility index (Phi) is 5.06. The Balaban J connectivity index is 1.33. The molecule has 8 nitrogen and oxygen atoms in total. The van der Waals surface area contributed by atoms with Crippen molar-refractivity contribution in [3.63, 3.8) is 0 Å². The van der Waals surface area contributed by atoms with Crippen LogP contribution in [0.15, 0.2) is 77.6 Å². The molecule has 3 heterocycles. The summed E-state index contributed by atoms with van der Waals surface area (Å²) in [5.74, 6) is -0.0453. The molecule has 0 spiro atoms. The fraction of sp³-hybridized carbons (Fsp3) is 0.185. The van der Waals surface area contributed by atoms with E-state index in [0.29, 0.717) is 40.9 Å². The van der Waals surface area contributed by atoms with Gasteiger partial charge in [-0.3, -0.25) is 9.59 Å². The lowest BCUT2D eigenvalue weighted by molar-refractivity contribution is 0.0747. The van der Waals surface area contributed by atoms with Crippen LogP contribution in [-0.4, -0.2) is 56.8 Å². The maximum Gasteiger partial charge on any atom is 0.281 e. The minimum absolute atomic E-state index is 0.0453. The Labute approximate surface area is 201 Å². The molecule has 174 valence electrons. The predicted octanol–water partition coefficient (Wildman–Crippen LogP) is 3.51. The third kappa shape index (κ3) is 3.73. The first-order valence-electron chi connectivity index (χ1n) is 11.7. The van der Waals surface area contributed by atoms with Gasteiger partial charge in [0.2, 0.25) is 0 Å². The number of rotatable bonds is 3. The molecule has 0 radical (unpaired) electrons. The van der Waals surface area contributed by atoms with Crippen LogP contribution >= 0.6 is 0 Å². The molecule has 0 atom stereocenters. The normalized spacial score (nSPS) is 14.1. The highest BCUT2D eigenvalue weighted by Gasteiger charge is 2.23. The van der Waals surface area contributed by atoms with E-state index in [1.807, 2.05) is 54.3 Å². The Morgan fingerprint density at radius 2 is 1.71 bits per heavy atom. The summed E-state index contributed by atoms with van der Waals surface area (Å²) < 4.78 is 1.68. The number of aromatic amines is 1. The van der Waals surface area contributed by atoms with E-state index in [-0.39, 0.29) is 11.5 Å². The number of piperazine rings is 1. The molecular formula is C27H24N6O2. The molecular weight excluding hydrogens is 440 g/mol. The van der Waals surface area contributed by atoms with Crippen molar-refractivity contribution in [1.29, 1.82) is 0 Å². The van der Waals surface area contributed by atoms with E-state index >= 15 is 0 Å². The number of amides is 1. The SMILES string of the molecule is Cc1cccc(-c2n[nH]n3c2nc(=O)c2ccc(C(=O)N4CCN(c5ccccc5)CC4)cc23)c1. The Bertz CT molecular complexity index is 1610. The summed E-state index contributed by atoms with van der Waals surface area (Å²) in [6.07, 6.45) is 0. The van der Waals surface area contributed by atoms with Gasteiger partial charge in [0.15, 0.2) is 5.65 Å². The highest BCUT2D eigenvalue weighted by atomic mass is 16.2. The maximum absolute atomic E-state index is 13.4. The number of fused-ring (bicyclic) bond motifs is 3. The summed E-state index contributed by atoms with van der Waals surface area (Å²) in [5, 5.41) is 7.85. The fourth-order valence-corrected chi connectivity index (χ4v) is 4.74. The number of benzene rings is 3. The number of nitrogens with zero attached hydrogens (tertiary/aromatic N) is 5. The number of para-hydroxylation sites is 1. The first-order valence-corrected chi connectivity index (χ1v) is 11.7. The minimum Gasteiger partial charge on any atom is -0.368 e. The molecule has 8 heteroatoms. The molecule has 0 unspecified atom stereocenters. The largest absolute Gasteiger partial charge is 0.368 e. The zero-order valence-corrected chi connectivity index (χ0v) is 19.3. The molecule has 0 bridgehead atoms. The van der Waals surface area contributed by atoms with Crippen molar-refractivity contribution in [2.45, 2.75) is 6.92 Å². The number of carbonyl (C=O) groups excluding carboxylic acids is 1. The van der Waals surface area contributed by atoms with Crippen LogP contribution in [0.1, 0.15) is 15.9 Å². The van der Waals surface area contributed by atoms with Crippen molar-refractivity contribution >= 4 is 28.1 Å². The average Bonchev–Trinajstić information content (AvgIpc) is 3.33. The predicted molar refractivity (Wildman–Crippen MR) is 136 cm³/mol. The lowest BCUT2D eigenvalue weighted by atomic mass is 10.1. The third-order valence-corrected chi connectivity index (χ3v) is 6.59. The first kappa shape index (κ1) is 21.1. The third-order valence-electron chi connectivity index (χ3n) is 6.59. The van der Waals surface area contributed by atoms with Crippen LogP contribution in [0.4, 0.5) is 5.69 Å². The average molecular weight is 465 g/mol. The van der Waals surface area contributed by atoms with E-state index in [4.69, 9.17) is 0 Å². The van der Waals surface area contributed by atoms with Crippen molar-refractivity contribution in [3.05, 3.63) is 94.3 Å². The molecule has 0 aliphatic carbocycles. The van der Waals surface area contributed by atoms with E-state index in [1.54, 1.807) is 22.7 Å². The van der Waals surface area contributed by atoms with E-state index in [1.165, 1.54) is 5.69 Å². The number of carbonyl (C=O) groups is 1. The second-order valence-corrected chi connectivity index (χ2v) is 8.85. The zero-order valence-electron chi connectivity index (χ0n) is 19.3. The second kappa shape index (κ2) is 8.39. The van der Waals surface area contributed by atoms with E-state index < -0.39 is 0 Å². The van der Waals surface area contributed by atoms with Crippen molar-refractivity contribution in [1.82, 2.24) is 24.7 Å². The van der Waals surface area contributed by atoms with Gasteiger partial charge in [-0.25, -0.2) is 9.73 Å². The Morgan fingerprint density at radius 3 is 2.49 bits per heavy atom. The van der Waals surface area contributed by atoms with Gasteiger partial charge in [-0.05, 0) is 43.3 Å². The second-order valence-electron chi connectivity index (χ2n) is 8.85. The number of hydrogen-bond donors (Lipinski definition) is 1. The van der Waals surface area contributed by atoms with Gasteiger partial charge >= 0.3 is 0 Å². The van der Waals surface area contributed by atoms with Crippen LogP contribution in [0.25, 0.3) is 27.8 Å². The molecule has 1 saturated heterocycles. The molecule has 2 aromatic heterocycles. The lowest BCUT2D eigenvalue weighted by Crippen LogP contribution is -2.48. The Morgan fingerprint density at radius 1 is 0.914 bits per heavy atom. The number of aromatic nitrogens is 4. The summed E-state index contributed by atoms with van der Waals surface area (Å²) >= 11 is 0. The highest BCUT2D eigenvalue weighted by Crippen LogP contribution is 2.24. The maximum atomic E-state index is 13.4. The van der Waals surface area contributed by atoms with Crippen molar-refractivity contribution in [2.75, 3.05) is 31.1 Å². The standard InChI is InChI=1S/C27H24N6O2/c1-18-6-5-7-19(16-18)24-25-28-26(34)22-11-10-20(17-23(22)33(25)30-29-24)27(35)32-14-12-31(13-15-32)21-8-3-2-4-9-21/h2-11,16-17,30H,12-15H2,1H3. The van der Waals surface area contributed by atoms with Crippen LogP contribution in [0.3, 0.4) is 0 Å². The van der Waals surface area contributed by atoms with Gasteiger partial charge in [0.1, 0.15) is 5.69 Å². The van der Waals surface area contributed by atoms with Gasteiger partial charge in [-0.15, -0.1) is 0 Å². The van der Waals surface area contributed by atoms with Gasteiger partial charge in [0.25, 0.3) is 11.5 Å². The van der Waals surface area contributed by atoms with Crippen molar-refractivity contribution in [2.24, 2.45) is 0 Å². The molecule has 6 rings (SSSR count). The van der Waals surface area contributed by atoms with Gasteiger partial charge in [0.05, 0.1) is 10.9 Å². The summed E-state index contributed by atoms with van der Waals surface area (Å²) in [5.41, 5.74) is 4.95. The van der Waals surface area contributed by atoms with E-state index in [9.17, 15) is 9.59 Å². The van der Waals surface area contributed by atoms with E-state index in [0.717, 1.165) is 24.2 Å². The fourth-order valence-electron chi connectivity index (χ4n) is 4.74. The molecule has 3 aromatic carbocycles. The summed E-state index contributed by atoms with van der Waals surface area (Å²) in [7, 11) is 0. The molecule has 35 heavy (non-hydrogen) atoms. The molecule has 1 amide bonds. The van der Waals surface area contributed by atoms with Crippen LogP contribution in [0.5, 0.6) is 0 Å². The van der Waals surface area contributed by atoms with Crippen molar-refractivity contribution in [3.8, 4) is 11.3 Å². The molecule has 5 aromatic rings. The van der Waals surface area contributed by atoms with Crippen molar-refractivity contribution < 1.29 is 4.79 Å². The number of H-pyrrole nitrogens is 1. The number of nitrogens with one attached hydrogen (secondary N) is 1. The van der Waals surface area contributed by atoms with Crippen LogP contribution in [0, 0.1) is 6.92 Å². The monoisotopic (exact) mass is 464 g/mol. The quantitative estimate of drug-likeness (QED) is 0.442. The van der Waals surface area contributed by atoms with Crippen LogP contribution in [-0.2, 0) is 0 Å². The van der Waals surface area contributed by atoms with E-state index in [2.05, 4.69) is 32.3 Å². The first-order chi connectivity index (χ1) is 17.1. The summed E-state index contributed by atoms with van der Waals surface area (Å²) in [6.45, 7) is 4.83. The molecule has 1 N–H and O–H groups in total. The molecule has 1 aliphatic heterocycles. The zero-order chi connectivity index (χ0) is 23.9. The summed E-state index contributed by atoms with van der Waals surface area (Å²) in [4.78, 5) is 34.6. The Hall–Kier alpha value is -4.46. The molecule has 1 aliphatic rings. The molecule has 1 fully saturated rings. The number of anilines is 1. The van der Waals surface area contributed by atoms with Crippen LogP contribution < -0.4 is 10.5 Å². The summed E-state index contributed by atoms with van der Waals surface area (Å²) in [6, 6.07) is 23.3. The van der Waals surface area contributed by atoms with Gasteiger partial charge in [-0.2, -0.15) is 10.1 Å². The lowest BCUT2D eigenvalue weighted by Gasteiger charge is -2.36. The topological polar surface area (TPSA) is 86.6 Å². The minimum atomic E-state index is -0.342. The van der Waals surface area contributed by atoms with Crippen LogP contribution in [0.2, 0.25) is 0 Å². The van der Waals surface area contributed by atoms with Gasteiger partial charge in [0, 0.05) is 43.0 Å². The molecule has 0 saturated carbocycles. The number of hydrogen-bond acceptors (Lipinski definition) is 5. The number of aryl methyl sites for hydroxylation is 1.